The van der Waals surface area contributed by atoms with Gasteiger partial charge in [0.1, 0.15) is 11.4 Å². The third-order valence-corrected chi connectivity index (χ3v) is 7.27. The topological polar surface area (TPSA) is 85.2 Å². The fourth-order valence-electron chi connectivity index (χ4n) is 3.71. The molecule has 0 aliphatic rings. The summed E-state index contributed by atoms with van der Waals surface area (Å²) in [6.07, 6.45) is 2.05. The number of aromatic nitrogens is 1. The number of benzene rings is 3. The summed E-state index contributed by atoms with van der Waals surface area (Å²) in [6.45, 7) is 3.66. The van der Waals surface area contributed by atoms with Crippen molar-refractivity contribution in [2.45, 2.75) is 36.6 Å². The number of hydrogen-bond donors (Lipinski definition) is 1. The van der Waals surface area contributed by atoms with E-state index in [1.807, 2.05) is 38.1 Å². The van der Waals surface area contributed by atoms with E-state index in [0.717, 1.165) is 17.5 Å². The average Bonchev–Trinajstić information content (AvgIpc) is 2.81. The molecule has 0 aliphatic heterocycles. The molecular formula is C26H24N2O4S. The Morgan fingerprint density at radius 3 is 2.33 bits per heavy atom. The van der Waals surface area contributed by atoms with Crippen LogP contribution in [-0.4, -0.2) is 18.9 Å². The van der Waals surface area contributed by atoms with Crippen LogP contribution in [-0.2, 0) is 27.6 Å². The molecule has 0 atom stereocenters. The quantitative estimate of drug-likeness (QED) is 0.464. The van der Waals surface area contributed by atoms with Crippen LogP contribution in [0.1, 0.15) is 18.1 Å². The van der Waals surface area contributed by atoms with Crippen LogP contribution in [0.4, 0.5) is 5.69 Å². The van der Waals surface area contributed by atoms with Crippen molar-refractivity contribution in [2.75, 3.05) is 5.32 Å². The van der Waals surface area contributed by atoms with E-state index in [4.69, 9.17) is 0 Å². The number of sulfone groups is 1. The first kappa shape index (κ1) is 22.5. The highest BCUT2D eigenvalue weighted by atomic mass is 32.2. The number of aryl methyl sites for hydroxylation is 2. The monoisotopic (exact) mass is 460 g/mol. The molecule has 1 amide bonds. The molecule has 0 bridgehead atoms. The summed E-state index contributed by atoms with van der Waals surface area (Å²) < 4.78 is 28.3. The Morgan fingerprint density at radius 2 is 1.67 bits per heavy atom. The summed E-state index contributed by atoms with van der Waals surface area (Å²) in [5.74, 6) is -0.331. The van der Waals surface area contributed by atoms with E-state index in [1.54, 1.807) is 36.4 Å². The van der Waals surface area contributed by atoms with Crippen molar-refractivity contribution >= 4 is 32.3 Å². The SMILES string of the molecule is CCc1ccc(S(=O)(=O)c2cn(CC(=O)Nc3ccccc3)c3ccc(C)cc3c2=O)cc1. The Labute approximate surface area is 192 Å². The number of carbonyl (C=O) groups is 1. The smallest absolute Gasteiger partial charge is 0.244 e. The van der Waals surface area contributed by atoms with Crippen molar-refractivity contribution in [3.05, 3.63) is 100 Å². The second-order valence-electron chi connectivity index (χ2n) is 7.89. The Bertz CT molecular complexity index is 1490. The molecule has 3 aromatic carbocycles. The van der Waals surface area contributed by atoms with E-state index in [9.17, 15) is 18.0 Å². The molecule has 1 aromatic heterocycles. The van der Waals surface area contributed by atoms with Crippen LogP contribution in [0.25, 0.3) is 10.9 Å². The number of nitrogens with zero attached hydrogens (tertiary/aromatic N) is 1. The summed E-state index contributed by atoms with van der Waals surface area (Å²) in [4.78, 5) is 25.7. The van der Waals surface area contributed by atoms with Crippen molar-refractivity contribution < 1.29 is 13.2 Å². The Morgan fingerprint density at radius 1 is 0.970 bits per heavy atom. The number of carbonyl (C=O) groups excluding carboxylic acids is 1. The maximum atomic E-state index is 13.4. The fourth-order valence-corrected chi connectivity index (χ4v) is 5.08. The second kappa shape index (κ2) is 9.03. The standard InChI is InChI=1S/C26H24N2O4S/c1-3-19-10-12-21(13-11-19)33(31,32)24-16-28(17-25(29)27-20-7-5-4-6-8-20)23-14-9-18(2)15-22(23)26(24)30/h4-16H,3,17H2,1-2H3,(H,27,29). The van der Waals surface area contributed by atoms with E-state index in [0.29, 0.717) is 11.2 Å². The van der Waals surface area contributed by atoms with E-state index < -0.39 is 15.3 Å². The van der Waals surface area contributed by atoms with Crippen LogP contribution in [0, 0.1) is 6.92 Å². The van der Waals surface area contributed by atoms with Crippen LogP contribution < -0.4 is 10.7 Å². The molecule has 0 saturated heterocycles. The minimum absolute atomic E-state index is 0.0455. The number of hydrogen-bond acceptors (Lipinski definition) is 4. The molecule has 168 valence electrons. The highest BCUT2D eigenvalue weighted by Crippen LogP contribution is 2.23. The van der Waals surface area contributed by atoms with Crippen molar-refractivity contribution in [1.82, 2.24) is 4.57 Å². The van der Waals surface area contributed by atoms with E-state index in [-0.39, 0.29) is 27.6 Å². The number of amides is 1. The third-order valence-electron chi connectivity index (χ3n) is 5.51. The van der Waals surface area contributed by atoms with E-state index in [1.165, 1.54) is 22.9 Å². The van der Waals surface area contributed by atoms with Gasteiger partial charge < -0.3 is 9.88 Å². The highest BCUT2D eigenvalue weighted by Gasteiger charge is 2.24. The zero-order chi connectivity index (χ0) is 23.6. The van der Waals surface area contributed by atoms with Gasteiger partial charge >= 0.3 is 0 Å². The number of rotatable bonds is 6. The van der Waals surface area contributed by atoms with Gasteiger partial charge in [-0.1, -0.05) is 48.9 Å². The van der Waals surface area contributed by atoms with Gasteiger partial charge in [0, 0.05) is 17.3 Å². The number of pyridine rings is 1. The first-order valence-corrected chi connectivity index (χ1v) is 12.1. The fraction of sp³-hybridized carbons (Fsp3) is 0.154. The van der Waals surface area contributed by atoms with Gasteiger partial charge in [0.2, 0.25) is 21.2 Å². The van der Waals surface area contributed by atoms with Gasteiger partial charge in [0.05, 0.1) is 10.4 Å². The molecule has 0 unspecified atom stereocenters. The van der Waals surface area contributed by atoms with Crippen LogP contribution in [0.15, 0.2) is 93.6 Å². The number of nitrogens with one attached hydrogen (secondary N) is 1. The molecule has 0 aliphatic carbocycles. The van der Waals surface area contributed by atoms with Crippen molar-refractivity contribution in [3.63, 3.8) is 0 Å². The van der Waals surface area contributed by atoms with Crippen LogP contribution in [0.3, 0.4) is 0 Å². The predicted molar refractivity (Wildman–Crippen MR) is 129 cm³/mol. The number of fused-ring (bicyclic) bond motifs is 1. The molecule has 4 aromatic rings. The zero-order valence-corrected chi connectivity index (χ0v) is 19.2. The summed E-state index contributed by atoms with van der Waals surface area (Å²) in [6, 6.07) is 20.7. The van der Waals surface area contributed by atoms with Gasteiger partial charge in [-0.2, -0.15) is 0 Å². The molecule has 4 rings (SSSR count). The molecule has 7 heteroatoms. The minimum atomic E-state index is -4.08. The summed E-state index contributed by atoms with van der Waals surface area (Å²) in [5.41, 5.74) is 2.37. The Hall–Kier alpha value is -3.71. The van der Waals surface area contributed by atoms with Crippen molar-refractivity contribution in [2.24, 2.45) is 0 Å². The van der Waals surface area contributed by atoms with E-state index in [2.05, 4.69) is 5.32 Å². The largest absolute Gasteiger partial charge is 0.336 e. The Balaban J connectivity index is 1.82. The average molecular weight is 461 g/mol. The molecule has 0 radical (unpaired) electrons. The first-order chi connectivity index (χ1) is 15.8. The minimum Gasteiger partial charge on any atom is -0.336 e. The molecule has 0 fully saturated rings. The lowest BCUT2D eigenvalue weighted by molar-refractivity contribution is -0.116. The summed E-state index contributed by atoms with van der Waals surface area (Å²) in [5, 5.41) is 3.05. The van der Waals surface area contributed by atoms with Gasteiger partial charge in [0.15, 0.2) is 0 Å². The van der Waals surface area contributed by atoms with Gasteiger partial charge in [-0.25, -0.2) is 8.42 Å². The van der Waals surface area contributed by atoms with Crippen LogP contribution >= 0.6 is 0 Å². The molecular weight excluding hydrogens is 436 g/mol. The third kappa shape index (κ3) is 4.59. The highest BCUT2D eigenvalue weighted by molar-refractivity contribution is 7.91. The molecule has 0 saturated carbocycles. The van der Waals surface area contributed by atoms with Gasteiger partial charge in [0.25, 0.3) is 0 Å². The van der Waals surface area contributed by atoms with Gasteiger partial charge in [-0.3, -0.25) is 9.59 Å². The van der Waals surface area contributed by atoms with Crippen molar-refractivity contribution in [1.29, 1.82) is 0 Å². The number of para-hydroxylation sites is 1. The molecule has 1 heterocycles. The molecule has 33 heavy (non-hydrogen) atoms. The summed E-state index contributed by atoms with van der Waals surface area (Å²) in [7, 11) is -4.08. The Kier molecular flexibility index (Phi) is 6.16. The lowest BCUT2D eigenvalue weighted by Gasteiger charge is -2.15. The molecule has 1 N–H and O–H groups in total. The maximum Gasteiger partial charge on any atom is 0.244 e. The number of anilines is 1. The van der Waals surface area contributed by atoms with Gasteiger partial charge in [-0.05, 0) is 55.3 Å². The second-order valence-corrected chi connectivity index (χ2v) is 9.80. The zero-order valence-electron chi connectivity index (χ0n) is 18.4. The molecule has 6 nitrogen and oxygen atoms in total. The van der Waals surface area contributed by atoms with Crippen LogP contribution in [0.5, 0.6) is 0 Å². The van der Waals surface area contributed by atoms with Crippen LogP contribution in [0.2, 0.25) is 0 Å². The maximum absolute atomic E-state index is 13.4. The normalized spacial score (nSPS) is 11.5. The van der Waals surface area contributed by atoms with Gasteiger partial charge in [-0.15, -0.1) is 0 Å². The lowest BCUT2D eigenvalue weighted by atomic mass is 10.1. The first-order valence-electron chi connectivity index (χ1n) is 10.6. The van der Waals surface area contributed by atoms with E-state index >= 15 is 0 Å². The molecule has 0 spiro atoms. The predicted octanol–water partition coefficient (Wildman–Crippen LogP) is 4.34. The van der Waals surface area contributed by atoms with Crippen molar-refractivity contribution in [3.8, 4) is 0 Å². The lowest BCUT2D eigenvalue weighted by Crippen LogP contribution is -2.24. The summed E-state index contributed by atoms with van der Waals surface area (Å²) >= 11 is 0.